The Labute approximate surface area is 393 Å². The number of carbonyl (C=O) groups is 2. The van der Waals surface area contributed by atoms with Gasteiger partial charge in [-0.05, 0) is 123 Å². The van der Waals surface area contributed by atoms with Crippen molar-refractivity contribution in [2.45, 2.75) is 28.5 Å². The van der Waals surface area contributed by atoms with Crippen LogP contribution in [0.5, 0.6) is 40.2 Å². The van der Waals surface area contributed by atoms with Crippen LogP contribution in [0.4, 0.5) is 0 Å². The number of benzene rings is 7. The molecule has 7 rings (SSSR count). The standard InChI is InChI=1S/C48H40N2O14S4/c1-31-5-9-33(10-6-31)47(51)34-11-17-38(18-12-34)63-41-24-28-44(46(30-41)68(59,60)50-66(55,56)42-25-7-32(2)8-26-42)64-39-21-15-36(16-22-39)48(52)35-13-19-37(20-14-35)62-40-23-27-43(61-3)45(29-40)67(57,58)49-65(4,53)54/h5-30,49-50H,1-4H3. The highest BCUT2D eigenvalue weighted by Gasteiger charge is 2.29. The average molecular weight is 997 g/mol. The molecule has 0 saturated heterocycles. The molecule has 0 fully saturated rings. The van der Waals surface area contributed by atoms with Gasteiger partial charge in [0.15, 0.2) is 11.6 Å². The topological polar surface area (TPSA) is 232 Å². The van der Waals surface area contributed by atoms with E-state index in [-0.39, 0.29) is 62.1 Å². The average Bonchev–Trinajstić information content (AvgIpc) is 3.29. The van der Waals surface area contributed by atoms with Crippen LogP contribution < -0.4 is 27.2 Å². The molecule has 0 radical (unpaired) electrons. The fourth-order valence-electron chi connectivity index (χ4n) is 6.44. The van der Waals surface area contributed by atoms with Crippen LogP contribution in [0.15, 0.2) is 172 Å². The summed E-state index contributed by atoms with van der Waals surface area (Å²) in [7, 11) is -17.0. The Balaban J connectivity index is 1.10. The molecular weight excluding hydrogens is 957 g/mol. The molecule has 0 unspecified atom stereocenters. The maximum absolute atomic E-state index is 14.0. The van der Waals surface area contributed by atoms with E-state index in [2.05, 4.69) is 0 Å². The maximum Gasteiger partial charge on any atom is 0.257 e. The van der Waals surface area contributed by atoms with E-state index in [0.717, 1.165) is 23.3 Å². The third kappa shape index (κ3) is 11.8. The van der Waals surface area contributed by atoms with Gasteiger partial charge in [-0.1, -0.05) is 47.5 Å². The van der Waals surface area contributed by atoms with Gasteiger partial charge in [0.05, 0.1) is 18.3 Å². The van der Waals surface area contributed by atoms with Gasteiger partial charge in [-0.25, -0.2) is 33.7 Å². The Bertz CT molecular complexity index is 3490. The number of methoxy groups -OCH3 is 1. The van der Waals surface area contributed by atoms with E-state index in [1.807, 2.05) is 19.1 Å². The molecule has 0 amide bonds. The van der Waals surface area contributed by atoms with Crippen LogP contribution in [0, 0.1) is 13.8 Å². The summed E-state index contributed by atoms with van der Waals surface area (Å²) in [6.45, 7) is 3.66. The van der Waals surface area contributed by atoms with Crippen LogP contribution in [-0.4, -0.2) is 58.6 Å². The van der Waals surface area contributed by atoms with Gasteiger partial charge in [-0.15, -0.1) is 8.25 Å². The van der Waals surface area contributed by atoms with Crippen molar-refractivity contribution in [2.75, 3.05) is 13.4 Å². The van der Waals surface area contributed by atoms with E-state index in [1.54, 1.807) is 39.4 Å². The van der Waals surface area contributed by atoms with Gasteiger partial charge in [-0.3, -0.25) is 9.59 Å². The van der Waals surface area contributed by atoms with Crippen LogP contribution in [0.3, 0.4) is 0 Å². The fraction of sp³-hybridized carbons (Fsp3) is 0.0833. The predicted molar refractivity (Wildman–Crippen MR) is 251 cm³/mol. The molecule has 0 aliphatic heterocycles. The second-order valence-corrected chi connectivity index (χ2v) is 22.3. The molecule has 0 heterocycles. The molecule has 0 atom stereocenters. The quantitative estimate of drug-likeness (QED) is 0.0775. The van der Waals surface area contributed by atoms with Crippen molar-refractivity contribution in [3.8, 4) is 40.2 Å². The van der Waals surface area contributed by atoms with E-state index in [0.29, 0.717) is 17.4 Å². The van der Waals surface area contributed by atoms with Gasteiger partial charge >= 0.3 is 0 Å². The summed E-state index contributed by atoms with van der Waals surface area (Å²) in [4.78, 5) is 25.1. The zero-order chi connectivity index (χ0) is 49.0. The highest BCUT2D eigenvalue weighted by molar-refractivity contribution is 8.05. The lowest BCUT2D eigenvalue weighted by atomic mass is 10.0. The summed E-state index contributed by atoms with van der Waals surface area (Å²) in [6.07, 6.45) is 0.691. The third-order valence-corrected chi connectivity index (χ3v) is 16.3. The minimum atomic E-state index is -4.90. The summed E-state index contributed by atoms with van der Waals surface area (Å²) in [5.41, 5.74) is 3.09. The van der Waals surface area contributed by atoms with E-state index in [4.69, 9.17) is 18.9 Å². The molecule has 68 heavy (non-hydrogen) atoms. The molecule has 350 valence electrons. The van der Waals surface area contributed by atoms with Crippen molar-refractivity contribution in [3.05, 3.63) is 191 Å². The number of carbonyl (C=O) groups excluding carboxylic acids is 2. The summed E-state index contributed by atoms with van der Waals surface area (Å²) < 4.78 is 130. The SMILES string of the molecule is COc1ccc(Oc2ccc(C(=O)c3ccc(Oc4ccc(Oc5ccc(C(=O)c6ccc(C)cc6)cc5)cc4S(=O)(=O)NS(=O)(=O)c4ccc(C)cc4)cc3)cc2)cc1S(=O)(=O)NS(C)(=O)=O. The number of hydrogen-bond acceptors (Lipinski definition) is 14. The van der Waals surface area contributed by atoms with E-state index in [9.17, 15) is 43.3 Å². The van der Waals surface area contributed by atoms with Crippen molar-refractivity contribution >= 4 is 51.7 Å². The summed E-state index contributed by atoms with van der Waals surface area (Å²) >= 11 is 0. The number of rotatable bonds is 18. The Hall–Kier alpha value is -7.20. The number of ketones is 2. The third-order valence-electron chi connectivity index (χ3n) is 9.80. The maximum atomic E-state index is 14.0. The van der Waals surface area contributed by atoms with Crippen LogP contribution in [0.25, 0.3) is 0 Å². The Morgan fingerprint density at radius 3 is 1.15 bits per heavy atom. The van der Waals surface area contributed by atoms with Crippen molar-refractivity contribution in [1.29, 1.82) is 0 Å². The Morgan fingerprint density at radius 2 is 0.735 bits per heavy atom. The van der Waals surface area contributed by atoms with Gasteiger partial charge < -0.3 is 18.9 Å². The smallest absolute Gasteiger partial charge is 0.257 e. The molecule has 0 aromatic heterocycles. The molecule has 0 bridgehead atoms. The molecule has 0 aliphatic rings. The van der Waals surface area contributed by atoms with Gasteiger partial charge in [0.2, 0.25) is 10.0 Å². The highest BCUT2D eigenvalue weighted by atomic mass is 32.3. The minimum Gasteiger partial charge on any atom is -0.495 e. The van der Waals surface area contributed by atoms with E-state index in [1.165, 1.54) is 116 Å². The van der Waals surface area contributed by atoms with Crippen LogP contribution in [0.1, 0.15) is 43.0 Å². The largest absolute Gasteiger partial charge is 0.495 e. The van der Waals surface area contributed by atoms with E-state index >= 15 is 0 Å². The number of ether oxygens (including phenoxy) is 4. The molecule has 0 spiro atoms. The lowest BCUT2D eigenvalue weighted by molar-refractivity contribution is 0.103. The van der Waals surface area contributed by atoms with Gasteiger partial charge in [0, 0.05) is 34.4 Å². The summed E-state index contributed by atoms with van der Waals surface area (Å²) in [5.74, 6) is -0.497. The first-order chi connectivity index (χ1) is 32.1. The molecule has 7 aromatic carbocycles. The van der Waals surface area contributed by atoms with E-state index < -0.39 is 55.7 Å². The zero-order valence-corrected chi connectivity index (χ0v) is 39.6. The minimum absolute atomic E-state index is 0.0102. The lowest BCUT2D eigenvalue weighted by Crippen LogP contribution is -2.31. The normalized spacial score (nSPS) is 11.9. The van der Waals surface area contributed by atoms with Crippen molar-refractivity contribution in [3.63, 3.8) is 0 Å². The van der Waals surface area contributed by atoms with Gasteiger partial charge in [0.1, 0.15) is 50.0 Å². The number of sulfonamides is 4. The van der Waals surface area contributed by atoms with Crippen molar-refractivity contribution in [1.82, 2.24) is 8.25 Å². The van der Waals surface area contributed by atoms with Crippen LogP contribution in [0.2, 0.25) is 0 Å². The first kappa shape index (κ1) is 48.7. The highest BCUT2D eigenvalue weighted by Crippen LogP contribution is 2.36. The number of nitrogens with one attached hydrogen (secondary N) is 2. The number of aryl methyl sites for hydroxylation is 2. The summed E-state index contributed by atoms with van der Waals surface area (Å²) in [5, 5.41) is 0. The zero-order valence-electron chi connectivity index (χ0n) is 36.4. The molecule has 2 N–H and O–H groups in total. The van der Waals surface area contributed by atoms with Gasteiger partial charge in [0.25, 0.3) is 30.1 Å². The monoisotopic (exact) mass is 996 g/mol. The predicted octanol–water partition coefficient (Wildman–Crippen LogP) is 8.06. The van der Waals surface area contributed by atoms with Crippen molar-refractivity contribution in [2.24, 2.45) is 0 Å². The molecule has 7 aromatic rings. The Morgan fingerprint density at radius 1 is 0.397 bits per heavy atom. The van der Waals surface area contributed by atoms with Gasteiger partial charge in [-0.2, -0.15) is 0 Å². The van der Waals surface area contributed by atoms with Crippen LogP contribution in [-0.2, 0) is 40.1 Å². The second-order valence-electron chi connectivity index (χ2n) is 15.1. The van der Waals surface area contributed by atoms with Crippen LogP contribution >= 0.6 is 0 Å². The first-order valence-electron chi connectivity index (χ1n) is 20.0. The molecule has 20 heteroatoms. The number of hydrogen-bond donors (Lipinski definition) is 2. The first-order valence-corrected chi connectivity index (χ1v) is 26.3. The Kier molecular flexibility index (Phi) is 14.0. The second kappa shape index (κ2) is 19.6. The van der Waals surface area contributed by atoms with Crippen molar-refractivity contribution < 1.29 is 62.2 Å². The lowest BCUT2D eigenvalue weighted by Gasteiger charge is -2.15. The molecule has 0 saturated carbocycles. The molecular formula is C48H40N2O14S4. The molecule has 16 nitrogen and oxygen atoms in total. The summed E-state index contributed by atoms with van der Waals surface area (Å²) in [6, 6.07) is 38.0. The fourth-order valence-corrected chi connectivity index (χ4v) is 12.1. The molecule has 0 aliphatic carbocycles.